The lowest BCUT2D eigenvalue weighted by atomic mass is 10.2. The first kappa shape index (κ1) is 18.1. The largest absolute Gasteiger partial charge is 0.489 e. The first-order chi connectivity index (χ1) is 11.6. The van der Waals surface area contributed by atoms with E-state index >= 15 is 0 Å². The molecule has 0 saturated carbocycles. The van der Waals surface area contributed by atoms with E-state index in [0.29, 0.717) is 24.1 Å². The molecule has 0 aliphatic carbocycles. The zero-order chi connectivity index (χ0) is 17.4. The molecule has 0 aliphatic heterocycles. The summed E-state index contributed by atoms with van der Waals surface area (Å²) < 4.78 is 10.9. The van der Waals surface area contributed by atoms with Crippen LogP contribution >= 0.6 is 11.6 Å². The molecule has 0 spiro atoms. The van der Waals surface area contributed by atoms with Crippen molar-refractivity contribution in [1.82, 2.24) is 0 Å². The molecular weight excluding hydrogens is 326 g/mol. The molecule has 5 nitrogen and oxygen atoms in total. The molecule has 0 fully saturated rings. The summed E-state index contributed by atoms with van der Waals surface area (Å²) >= 11 is 5.85. The van der Waals surface area contributed by atoms with E-state index in [1.54, 1.807) is 19.2 Å². The molecule has 1 atom stereocenters. The van der Waals surface area contributed by atoms with Crippen LogP contribution in [0.25, 0.3) is 0 Å². The fraction of sp³-hybridized carbons (Fsp3) is 0.278. The Hall–Kier alpha value is -2.24. The Balaban J connectivity index is 1.90. The van der Waals surface area contributed by atoms with E-state index in [0.717, 1.165) is 17.0 Å². The van der Waals surface area contributed by atoms with Gasteiger partial charge in [0.15, 0.2) is 5.96 Å². The molecule has 128 valence electrons. The molecule has 0 bridgehead atoms. The predicted octanol–water partition coefficient (Wildman–Crippen LogP) is 3.68. The monoisotopic (exact) mass is 347 g/mol. The number of aliphatic imine (C=N–C) groups is 1. The number of nitrogens with one attached hydrogen (secondary N) is 1. The van der Waals surface area contributed by atoms with E-state index in [1.807, 2.05) is 43.3 Å². The van der Waals surface area contributed by atoms with E-state index in [-0.39, 0.29) is 6.10 Å². The van der Waals surface area contributed by atoms with Crippen molar-refractivity contribution in [3.05, 3.63) is 59.1 Å². The lowest BCUT2D eigenvalue weighted by Crippen LogP contribution is -2.26. The summed E-state index contributed by atoms with van der Waals surface area (Å²) in [5.41, 5.74) is 7.86. The summed E-state index contributed by atoms with van der Waals surface area (Å²) in [6.07, 6.45) is -0.110. The van der Waals surface area contributed by atoms with Crippen molar-refractivity contribution < 1.29 is 9.47 Å². The van der Waals surface area contributed by atoms with Crippen molar-refractivity contribution in [3.8, 4) is 5.75 Å². The van der Waals surface area contributed by atoms with Crippen LogP contribution in [0.4, 0.5) is 5.69 Å². The summed E-state index contributed by atoms with van der Waals surface area (Å²) in [6.45, 7) is 2.88. The van der Waals surface area contributed by atoms with Crippen LogP contribution in [-0.4, -0.2) is 25.7 Å². The van der Waals surface area contributed by atoms with E-state index in [1.165, 1.54) is 0 Å². The van der Waals surface area contributed by atoms with Gasteiger partial charge in [0.05, 0.1) is 13.2 Å². The molecule has 0 aromatic heterocycles. The summed E-state index contributed by atoms with van der Waals surface area (Å²) in [5.74, 6) is 1.09. The van der Waals surface area contributed by atoms with Crippen LogP contribution < -0.4 is 15.8 Å². The Morgan fingerprint density at radius 2 is 1.92 bits per heavy atom. The highest BCUT2D eigenvalue weighted by atomic mass is 35.5. The van der Waals surface area contributed by atoms with E-state index in [9.17, 15) is 0 Å². The fourth-order valence-electron chi connectivity index (χ4n) is 2.11. The average Bonchev–Trinajstić information content (AvgIpc) is 2.57. The number of halogens is 1. The molecule has 0 aliphatic rings. The van der Waals surface area contributed by atoms with Crippen molar-refractivity contribution in [2.75, 3.05) is 19.0 Å². The van der Waals surface area contributed by atoms with E-state index in [2.05, 4.69) is 10.3 Å². The Morgan fingerprint density at radius 1 is 1.21 bits per heavy atom. The van der Waals surface area contributed by atoms with Gasteiger partial charge in [-0.1, -0.05) is 29.8 Å². The van der Waals surface area contributed by atoms with Gasteiger partial charge in [0, 0.05) is 23.4 Å². The molecule has 6 heteroatoms. The summed E-state index contributed by atoms with van der Waals surface area (Å²) in [5, 5.41) is 3.77. The van der Waals surface area contributed by atoms with Gasteiger partial charge in [-0.25, -0.2) is 4.99 Å². The van der Waals surface area contributed by atoms with Gasteiger partial charge in [-0.3, -0.25) is 0 Å². The first-order valence-electron chi connectivity index (χ1n) is 7.64. The van der Waals surface area contributed by atoms with Gasteiger partial charge in [0.2, 0.25) is 0 Å². The molecule has 24 heavy (non-hydrogen) atoms. The zero-order valence-corrected chi connectivity index (χ0v) is 14.6. The second kappa shape index (κ2) is 9.15. The summed E-state index contributed by atoms with van der Waals surface area (Å²) in [7, 11) is 1.66. The highest BCUT2D eigenvalue weighted by molar-refractivity contribution is 6.30. The molecule has 1 unspecified atom stereocenters. The van der Waals surface area contributed by atoms with Crippen LogP contribution in [-0.2, 0) is 11.3 Å². The van der Waals surface area contributed by atoms with Gasteiger partial charge < -0.3 is 20.5 Å². The number of anilines is 1. The van der Waals surface area contributed by atoms with Crippen molar-refractivity contribution >= 4 is 23.2 Å². The quantitative estimate of drug-likeness (QED) is 0.592. The van der Waals surface area contributed by atoms with Crippen LogP contribution in [0.2, 0.25) is 5.02 Å². The van der Waals surface area contributed by atoms with Crippen LogP contribution in [0, 0.1) is 0 Å². The minimum atomic E-state index is -0.110. The number of guanidine groups is 1. The molecule has 3 N–H and O–H groups in total. The first-order valence-corrected chi connectivity index (χ1v) is 8.02. The number of hydrogen-bond acceptors (Lipinski definition) is 3. The van der Waals surface area contributed by atoms with Gasteiger partial charge in [0.25, 0.3) is 0 Å². The number of benzene rings is 2. The second-order valence-corrected chi connectivity index (χ2v) is 5.76. The minimum absolute atomic E-state index is 0.110. The average molecular weight is 348 g/mol. The molecule has 2 rings (SSSR count). The third-order valence-corrected chi connectivity index (χ3v) is 3.50. The number of para-hydroxylation sites is 1. The number of hydrogen-bond donors (Lipinski definition) is 2. The number of rotatable bonds is 7. The third-order valence-electron chi connectivity index (χ3n) is 3.25. The van der Waals surface area contributed by atoms with Crippen molar-refractivity contribution in [2.24, 2.45) is 10.7 Å². The van der Waals surface area contributed by atoms with Crippen molar-refractivity contribution in [3.63, 3.8) is 0 Å². The molecule has 0 saturated heterocycles. The predicted molar refractivity (Wildman–Crippen MR) is 98.8 cm³/mol. The molecule has 0 amide bonds. The van der Waals surface area contributed by atoms with Gasteiger partial charge in [0.1, 0.15) is 11.9 Å². The SMILES string of the molecule is COCc1ccccc1NC(N)=NCC(C)Oc1ccc(Cl)cc1. The van der Waals surface area contributed by atoms with Crippen molar-refractivity contribution in [2.45, 2.75) is 19.6 Å². The summed E-state index contributed by atoms with van der Waals surface area (Å²) in [6, 6.07) is 15.0. The third kappa shape index (κ3) is 5.76. The topological polar surface area (TPSA) is 68.9 Å². The van der Waals surface area contributed by atoms with Gasteiger partial charge in [-0.2, -0.15) is 0 Å². The Kier molecular flexibility index (Phi) is 6.90. The highest BCUT2D eigenvalue weighted by Crippen LogP contribution is 2.17. The van der Waals surface area contributed by atoms with Crippen molar-refractivity contribution in [1.29, 1.82) is 0 Å². The second-order valence-electron chi connectivity index (χ2n) is 5.32. The fourth-order valence-corrected chi connectivity index (χ4v) is 2.24. The minimum Gasteiger partial charge on any atom is -0.489 e. The van der Waals surface area contributed by atoms with Gasteiger partial charge >= 0.3 is 0 Å². The summed E-state index contributed by atoms with van der Waals surface area (Å²) in [4.78, 5) is 4.33. The van der Waals surface area contributed by atoms with Crippen LogP contribution in [0.3, 0.4) is 0 Å². The molecule has 0 radical (unpaired) electrons. The Bertz CT molecular complexity index is 674. The lowest BCUT2D eigenvalue weighted by Gasteiger charge is -2.14. The lowest BCUT2D eigenvalue weighted by molar-refractivity contribution is 0.185. The van der Waals surface area contributed by atoms with E-state index in [4.69, 9.17) is 26.8 Å². The van der Waals surface area contributed by atoms with Crippen LogP contribution in [0.5, 0.6) is 5.75 Å². The normalized spacial score (nSPS) is 12.7. The van der Waals surface area contributed by atoms with Crippen LogP contribution in [0.1, 0.15) is 12.5 Å². The molecule has 2 aromatic rings. The maximum atomic E-state index is 5.96. The smallest absolute Gasteiger partial charge is 0.193 e. The van der Waals surface area contributed by atoms with E-state index < -0.39 is 0 Å². The number of methoxy groups -OCH3 is 1. The molecule has 0 heterocycles. The Morgan fingerprint density at radius 3 is 2.62 bits per heavy atom. The Labute approximate surface area is 147 Å². The van der Waals surface area contributed by atoms with Gasteiger partial charge in [-0.15, -0.1) is 0 Å². The maximum absolute atomic E-state index is 5.96. The molecular formula is C18H22ClN3O2. The van der Waals surface area contributed by atoms with Crippen LogP contribution in [0.15, 0.2) is 53.5 Å². The zero-order valence-electron chi connectivity index (χ0n) is 13.8. The number of nitrogens with zero attached hydrogens (tertiary/aromatic N) is 1. The number of nitrogens with two attached hydrogens (primary N) is 1. The molecule has 2 aromatic carbocycles. The number of ether oxygens (including phenoxy) is 2. The maximum Gasteiger partial charge on any atom is 0.193 e. The highest BCUT2D eigenvalue weighted by Gasteiger charge is 2.05. The van der Waals surface area contributed by atoms with Gasteiger partial charge in [-0.05, 0) is 37.3 Å². The standard InChI is InChI=1S/C18H22ClN3O2/c1-13(24-16-9-7-15(19)8-10-16)11-21-18(20)22-17-6-4-3-5-14(17)12-23-2/h3-10,13H,11-12H2,1-2H3,(H3,20,21,22).